The molecule has 0 saturated heterocycles. The van der Waals surface area contributed by atoms with Crippen LogP contribution < -0.4 is 10.6 Å². The largest absolute Gasteiger partial charge is 0.362 e. The van der Waals surface area contributed by atoms with Gasteiger partial charge in [0.2, 0.25) is 3.79 Å². The highest BCUT2D eigenvalue weighted by Crippen LogP contribution is 2.32. The molecular weight excluding hydrogens is 401 g/mol. The van der Waals surface area contributed by atoms with E-state index in [9.17, 15) is 14.9 Å². The summed E-state index contributed by atoms with van der Waals surface area (Å²) in [7, 11) is 0. The molecule has 138 valence electrons. The Bertz CT molecular complexity index is 820. The molecule has 2 rings (SSSR count). The number of carbonyl (C=O) groups is 1. The number of alkyl halides is 3. The molecule has 0 aliphatic carbocycles. The predicted octanol–water partition coefficient (Wildman–Crippen LogP) is 4.75. The highest BCUT2D eigenvalue weighted by atomic mass is 35.6. The van der Waals surface area contributed by atoms with E-state index in [-0.39, 0.29) is 11.3 Å². The zero-order chi connectivity index (χ0) is 19.5. The molecule has 0 aliphatic rings. The fraction of sp³-hybridized carbons (Fsp3) is 0.235. The number of hydrogen-bond acceptors (Lipinski definition) is 4. The molecule has 0 bridgehead atoms. The highest BCUT2D eigenvalue weighted by Gasteiger charge is 2.34. The summed E-state index contributed by atoms with van der Waals surface area (Å²) < 4.78 is -1.83. The molecule has 0 radical (unpaired) electrons. The summed E-state index contributed by atoms with van der Waals surface area (Å²) >= 11 is 18.0. The smallest absolute Gasteiger partial charge is 0.269 e. The van der Waals surface area contributed by atoms with Crippen molar-refractivity contribution in [3.63, 3.8) is 0 Å². The van der Waals surface area contributed by atoms with Crippen molar-refractivity contribution in [3.8, 4) is 0 Å². The minimum absolute atomic E-state index is 0.118. The van der Waals surface area contributed by atoms with E-state index in [1.165, 1.54) is 24.3 Å². The average molecular weight is 417 g/mol. The zero-order valence-electron chi connectivity index (χ0n) is 13.9. The second-order valence-corrected chi connectivity index (χ2v) is 8.08. The number of benzene rings is 2. The Balaban J connectivity index is 2.19. The topological polar surface area (TPSA) is 84.3 Å². The van der Waals surface area contributed by atoms with Crippen LogP contribution in [0.2, 0.25) is 0 Å². The zero-order valence-corrected chi connectivity index (χ0v) is 16.2. The van der Waals surface area contributed by atoms with Gasteiger partial charge in [-0.05, 0) is 37.6 Å². The van der Waals surface area contributed by atoms with Gasteiger partial charge in [-0.1, -0.05) is 52.5 Å². The van der Waals surface area contributed by atoms with Crippen LogP contribution in [0.5, 0.6) is 0 Å². The normalized spacial score (nSPS) is 12.3. The van der Waals surface area contributed by atoms with Gasteiger partial charge < -0.3 is 10.6 Å². The summed E-state index contributed by atoms with van der Waals surface area (Å²) in [6.45, 7) is 3.85. The molecule has 0 unspecified atom stereocenters. The molecule has 0 aliphatic heterocycles. The van der Waals surface area contributed by atoms with E-state index in [0.29, 0.717) is 5.69 Å². The van der Waals surface area contributed by atoms with Crippen LogP contribution in [0.4, 0.5) is 11.4 Å². The summed E-state index contributed by atoms with van der Waals surface area (Å²) in [4.78, 5) is 22.6. The molecule has 9 heteroatoms. The lowest BCUT2D eigenvalue weighted by atomic mass is 10.1. The number of hydrogen-bond donors (Lipinski definition) is 2. The quantitative estimate of drug-likeness (QED) is 0.319. The molecule has 0 spiro atoms. The van der Waals surface area contributed by atoms with Crippen molar-refractivity contribution >= 4 is 52.1 Å². The van der Waals surface area contributed by atoms with Crippen molar-refractivity contribution in [1.82, 2.24) is 5.32 Å². The van der Waals surface area contributed by atoms with Gasteiger partial charge in [0.25, 0.3) is 11.6 Å². The number of nitrogens with one attached hydrogen (secondary N) is 2. The number of aryl methyl sites for hydroxylation is 2. The summed E-state index contributed by atoms with van der Waals surface area (Å²) in [6, 6.07) is 10.8. The molecular formula is C17H16Cl3N3O3. The number of carbonyl (C=O) groups excluding carboxylic acids is 1. The highest BCUT2D eigenvalue weighted by molar-refractivity contribution is 6.68. The van der Waals surface area contributed by atoms with E-state index < -0.39 is 20.8 Å². The summed E-state index contributed by atoms with van der Waals surface area (Å²) in [6.07, 6.45) is -1.02. The van der Waals surface area contributed by atoms with Crippen molar-refractivity contribution in [2.45, 2.75) is 23.8 Å². The lowest BCUT2D eigenvalue weighted by Crippen LogP contribution is -2.49. The standard InChI is InChI=1S/C17H16Cl3N3O3/c1-10-3-8-14(11(2)9-10)21-16(17(18,19)20)22-15(24)12-4-6-13(7-5-12)23(25)26/h3-9,16,21H,1-2H3,(H,22,24)/t16-/m1/s1. The van der Waals surface area contributed by atoms with Gasteiger partial charge in [-0.2, -0.15) is 0 Å². The van der Waals surface area contributed by atoms with Gasteiger partial charge in [-0.15, -0.1) is 0 Å². The van der Waals surface area contributed by atoms with E-state index in [2.05, 4.69) is 10.6 Å². The first-order chi connectivity index (χ1) is 12.1. The third-order valence-electron chi connectivity index (χ3n) is 3.62. The fourth-order valence-corrected chi connectivity index (χ4v) is 2.61. The fourth-order valence-electron chi connectivity index (χ4n) is 2.28. The van der Waals surface area contributed by atoms with Gasteiger partial charge in [0, 0.05) is 23.4 Å². The van der Waals surface area contributed by atoms with Crippen LogP contribution in [0.3, 0.4) is 0 Å². The van der Waals surface area contributed by atoms with Crippen molar-refractivity contribution in [2.75, 3.05) is 5.32 Å². The lowest BCUT2D eigenvalue weighted by molar-refractivity contribution is -0.384. The first-order valence-corrected chi connectivity index (χ1v) is 8.67. The molecule has 0 aromatic heterocycles. The van der Waals surface area contributed by atoms with Gasteiger partial charge >= 0.3 is 0 Å². The Morgan fingerprint density at radius 2 is 1.73 bits per heavy atom. The molecule has 0 saturated carbocycles. The maximum atomic E-state index is 12.4. The predicted molar refractivity (Wildman–Crippen MR) is 104 cm³/mol. The van der Waals surface area contributed by atoms with Gasteiger partial charge in [-0.25, -0.2) is 0 Å². The SMILES string of the molecule is Cc1ccc(N[C@H](NC(=O)c2ccc([N+](=O)[O-])cc2)C(Cl)(Cl)Cl)c(C)c1. The Kier molecular flexibility index (Phi) is 6.34. The maximum Gasteiger partial charge on any atom is 0.269 e. The number of nitrogens with zero attached hydrogens (tertiary/aromatic N) is 1. The third kappa shape index (κ3) is 5.24. The van der Waals surface area contributed by atoms with Gasteiger partial charge in [0.1, 0.15) is 6.17 Å². The molecule has 2 aromatic rings. The Labute approximate surface area is 165 Å². The second-order valence-electron chi connectivity index (χ2n) is 5.71. The Morgan fingerprint density at radius 3 is 2.23 bits per heavy atom. The molecule has 1 amide bonds. The van der Waals surface area contributed by atoms with Crippen LogP contribution in [0.15, 0.2) is 42.5 Å². The number of amides is 1. The monoisotopic (exact) mass is 415 g/mol. The molecule has 2 N–H and O–H groups in total. The first kappa shape index (κ1) is 20.3. The van der Waals surface area contributed by atoms with Crippen LogP contribution in [0, 0.1) is 24.0 Å². The molecule has 2 aromatic carbocycles. The number of nitro benzene ring substituents is 1. The summed E-state index contributed by atoms with van der Waals surface area (Å²) in [5, 5.41) is 16.3. The van der Waals surface area contributed by atoms with Crippen LogP contribution in [-0.2, 0) is 0 Å². The van der Waals surface area contributed by atoms with E-state index in [1.54, 1.807) is 0 Å². The van der Waals surface area contributed by atoms with Crippen molar-refractivity contribution in [1.29, 1.82) is 0 Å². The van der Waals surface area contributed by atoms with Crippen LogP contribution in [0.1, 0.15) is 21.5 Å². The van der Waals surface area contributed by atoms with Crippen molar-refractivity contribution in [2.24, 2.45) is 0 Å². The van der Waals surface area contributed by atoms with E-state index in [0.717, 1.165) is 11.1 Å². The van der Waals surface area contributed by atoms with Crippen molar-refractivity contribution in [3.05, 3.63) is 69.3 Å². The first-order valence-electron chi connectivity index (χ1n) is 7.54. The van der Waals surface area contributed by atoms with Gasteiger partial charge in [0.05, 0.1) is 4.92 Å². The van der Waals surface area contributed by atoms with E-state index in [1.807, 2.05) is 32.0 Å². The number of halogens is 3. The van der Waals surface area contributed by atoms with Crippen LogP contribution in [-0.4, -0.2) is 20.8 Å². The molecule has 26 heavy (non-hydrogen) atoms. The van der Waals surface area contributed by atoms with E-state index >= 15 is 0 Å². The number of anilines is 1. The molecule has 1 atom stereocenters. The Morgan fingerprint density at radius 1 is 1.12 bits per heavy atom. The number of non-ortho nitro benzene ring substituents is 1. The second kappa shape index (κ2) is 8.12. The maximum absolute atomic E-state index is 12.4. The average Bonchev–Trinajstić information content (AvgIpc) is 2.55. The van der Waals surface area contributed by atoms with Crippen LogP contribution >= 0.6 is 34.8 Å². The van der Waals surface area contributed by atoms with E-state index in [4.69, 9.17) is 34.8 Å². The number of nitro groups is 1. The summed E-state index contributed by atoms with van der Waals surface area (Å²) in [5.74, 6) is -0.534. The minimum atomic E-state index is -1.83. The van der Waals surface area contributed by atoms with Gasteiger partial charge in [0.15, 0.2) is 0 Å². The lowest BCUT2D eigenvalue weighted by Gasteiger charge is -2.28. The van der Waals surface area contributed by atoms with Crippen LogP contribution in [0.25, 0.3) is 0 Å². The number of rotatable bonds is 5. The minimum Gasteiger partial charge on any atom is -0.362 e. The van der Waals surface area contributed by atoms with Crippen molar-refractivity contribution < 1.29 is 9.72 Å². The third-order valence-corrected chi connectivity index (χ3v) is 4.28. The molecule has 0 fully saturated rings. The molecule has 6 nitrogen and oxygen atoms in total. The summed E-state index contributed by atoms with van der Waals surface area (Å²) in [5.41, 5.74) is 2.79. The molecule has 0 heterocycles. The Hall–Kier alpha value is -2.02. The van der Waals surface area contributed by atoms with Gasteiger partial charge in [-0.3, -0.25) is 14.9 Å².